The molecule has 1 N–H and O–H groups in total. The Bertz CT molecular complexity index is 221. The van der Waals surface area contributed by atoms with Gasteiger partial charge < -0.3 is 10.1 Å². The standard InChI is InChI=1S/C12H24N2O2/c1-4-10-8-14(9-12(15)16-6-3)11(5-2)7-13-10/h10-11,13H,4-9H2,1-3H3. The normalized spacial score (nSPS) is 26.7. The van der Waals surface area contributed by atoms with E-state index >= 15 is 0 Å². The van der Waals surface area contributed by atoms with Gasteiger partial charge in [-0.1, -0.05) is 13.8 Å². The zero-order valence-corrected chi connectivity index (χ0v) is 10.7. The van der Waals surface area contributed by atoms with E-state index in [0.717, 1.165) is 25.9 Å². The Hall–Kier alpha value is -0.610. The van der Waals surface area contributed by atoms with Crippen molar-refractivity contribution in [3.05, 3.63) is 0 Å². The van der Waals surface area contributed by atoms with Crippen molar-refractivity contribution in [1.82, 2.24) is 10.2 Å². The minimum atomic E-state index is -0.0993. The number of carbonyl (C=O) groups excluding carboxylic acids is 1. The molecule has 0 amide bonds. The molecule has 2 atom stereocenters. The Kier molecular flexibility index (Phi) is 5.77. The fraction of sp³-hybridized carbons (Fsp3) is 0.917. The van der Waals surface area contributed by atoms with Crippen LogP contribution in [-0.4, -0.2) is 49.2 Å². The lowest BCUT2D eigenvalue weighted by atomic mass is 10.1. The molecule has 0 radical (unpaired) electrons. The van der Waals surface area contributed by atoms with Crippen molar-refractivity contribution in [2.24, 2.45) is 0 Å². The van der Waals surface area contributed by atoms with Gasteiger partial charge in [-0.3, -0.25) is 9.69 Å². The van der Waals surface area contributed by atoms with Gasteiger partial charge in [0.1, 0.15) is 0 Å². The molecule has 0 bridgehead atoms. The molecule has 2 unspecified atom stereocenters. The molecule has 1 fully saturated rings. The summed E-state index contributed by atoms with van der Waals surface area (Å²) in [4.78, 5) is 13.7. The summed E-state index contributed by atoms with van der Waals surface area (Å²) in [5, 5.41) is 3.51. The average Bonchev–Trinajstić information content (AvgIpc) is 2.29. The molecule has 0 aromatic rings. The first-order valence-corrected chi connectivity index (χ1v) is 6.34. The van der Waals surface area contributed by atoms with Crippen LogP contribution in [0.5, 0.6) is 0 Å². The summed E-state index contributed by atoms with van der Waals surface area (Å²) < 4.78 is 5.01. The zero-order valence-electron chi connectivity index (χ0n) is 10.7. The number of esters is 1. The Morgan fingerprint density at radius 2 is 2.12 bits per heavy atom. The lowest BCUT2D eigenvalue weighted by Crippen LogP contribution is -2.57. The molecule has 1 rings (SSSR count). The van der Waals surface area contributed by atoms with E-state index in [1.54, 1.807) is 0 Å². The molecule has 1 aliphatic heterocycles. The highest BCUT2D eigenvalue weighted by atomic mass is 16.5. The van der Waals surface area contributed by atoms with Gasteiger partial charge in [0.25, 0.3) is 0 Å². The van der Waals surface area contributed by atoms with Gasteiger partial charge in [-0.15, -0.1) is 0 Å². The molecule has 0 aromatic heterocycles. The van der Waals surface area contributed by atoms with Crippen LogP contribution in [-0.2, 0) is 9.53 Å². The van der Waals surface area contributed by atoms with E-state index in [4.69, 9.17) is 4.74 Å². The monoisotopic (exact) mass is 228 g/mol. The van der Waals surface area contributed by atoms with Gasteiger partial charge in [-0.2, -0.15) is 0 Å². The van der Waals surface area contributed by atoms with Gasteiger partial charge >= 0.3 is 5.97 Å². The summed E-state index contributed by atoms with van der Waals surface area (Å²) in [6.07, 6.45) is 2.18. The van der Waals surface area contributed by atoms with E-state index < -0.39 is 0 Å². The van der Waals surface area contributed by atoms with Crippen molar-refractivity contribution < 1.29 is 9.53 Å². The number of carbonyl (C=O) groups is 1. The Balaban J connectivity index is 2.47. The van der Waals surface area contributed by atoms with Gasteiger partial charge in [0.05, 0.1) is 13.2 Å². The van der Waals surface area contributed by atoms with Crippen molar-refractivity contribution in [3.63, 3.8) is 0 Å². The minimum Gasteiger partial charge on any atom is -0.465 e. The zero-order chi connectivity index (χ0) is 12.0. The van der Waals surface area contributed by atoms with Gasteiger partial charge in [-0.25, -0.2) is 0 Å². The minimum absolute atomic E-state index is 0.0993. The number of nitrogens with one attached hydrogen (secondary N) is 1. The number of hydrogen-bond donors (Lipinski definition) is 1. The van der Waals surface area contributed by atoms with E-state index in [0.29, 0.717) is 25.2 Å². The van der Waals surface area contributed by atoms with Crippen LogP contribution in [0.25, 0.3) is 0 Å². The molecule has 1 saturated heterocycles. The highest BCUT2D eigenvalue weighted by molar-refractivity contribution is 5.71. The number of nitrogens with zero attached hydrogens (tertiary/aromatic N) is 1. The molecule has 4 heteroatoms. The van der Waals surface area contributed by atoms with Crippen LogP contribution in [0.1, 0.15) is 33.6 Å². The van der Waals surface area contributed by atoms with E-state index in [1.807, 2.05) is 6.92 Å². The summed E-state index contributed by atoms with van der Waals surface area (Å²) >= 11 is 0. The Morgan fingerprint density at radius 3 is 2.69 bits per heavy atom. The maximum atomic E-state index is 11.5. The highest BCUT2D eigenvalue weighted by Crippen LogP contribution is 2.11. The van der Waals surface area contributed by atoms with Crippen molar-refractivity contribution in [2.75, 3.05) is 26.2 Å². The van der Waals surface area contributed by atoms with Crippen LogP contribution in [0.15, 0.2) is 0 Å². The third kappa shape index (κ3) is 3.76. The van der Waals surface area contributed by atoms with Crippen LogP contribution < -0.4 is 5.32 Å². The first-order valence-electron chi connectivity index (χ1n) is 6.34. The molecule has 94 valence electrons. The number of hydrogen-bond acceptors (Lipinski definition) is 4. The second-order valence-corrected chi connectivity index (χ2v) is 4.31. The second-order valence-electron chi connectivity index (χ2n) is 4.31. The fourth-order valence-corrected chi connectivity index (χ4v) is 2.17. The molecule has 0 spiro atoms. The summed E-state index contributed by atoms with van der Waals surface area (Å²) in [5.41, 5.74) is 0. The number of piperazine rings is 1. The van der Waals surface area contributed by atoms with E-state index in [1.165, 1.54) is 0 Å². The molecule has 1 aliphatic rings. The summed E-state index contributed by atoms with van der Waals surface area (Å²) in [5.74, 6) is -0.0993. The SMILES string of the molecule is CCOC(=O)CN1CC(CC)NCC1CC. The van der Waals surface area contributed by atoms with Crippen LogP contribution >= 0.6 is 0 Å². The second kappa shape index (κ2) is 6.86. The Morgan fingerprint density at radius 1 is 1.38 bits per heavy atom. The molecular weight excluding hydrogens is 204 g/mol. The fourth-order valence-electron chi connectivity index (χ4n) is 2.17. The predicted molar refractivity (Wildman–Crippen MR) is 64.4 cm³/mol. The van der Waals surface area contributed by atoms with Gasteiger partial charge in [-0.05, 0) is 19.8 Å². The first kappa shape index (κ1) is 13.5. The van der Waals surface area contributed by atoms with Gasteiger partial charge in [0.2, 0.25) is 0 Å². The first-order chi connectivity index (χ1) is 7.71. The molecule has 0 aromatic carbocycles. The number of rotatable bonds is 5. The Labute approximate surface area is 98.3 Å². The van der Waals surface area contributed by atoms with Crippen molar-refractivity contribution in [3.8, 4) is 0 Å². The van der Waals surface area contributed by atoms with Crippen LogP contribution in [0.3, 0.4) is 0 Å². The molecular formula is C12H24N2O2. The van der Waals surface area contributed by atoms with Crippen LogP contribution in [0.4, 0.5) is 0 Å². The van der Waals surface area contributed by atoms with Gasteiger partial charge in [0, 0.05) is 25.2 Å². The third-order valence-electron chi connectivity index (χ3n) is 3.22. The van der Waals surface area contributed by atoms with Crippen LogP contribution in [0, 0.1) is 0 Å². The maximum absolute atomic E-state index is 11.5. The lowest BCUT2D eigenvalue weighted by Gasteiger charge is -2.39. The van der Waals surface area contributed by atoms with E-state index in [9.17, 15) is 4.79 Å². The predicted octanol–water partition coefficient (Wildman–Crippen LogP) is 1.01. The van der Waals surface area contributed by atoms with Gasteiger partial charge in [0.15, 0.2) is 0 Å². The average molecular weight is 228 g/mol. The molecule has 4 nitrogen and oxygen atoms in total. The summed E-state index contributed by atoms with van der Waals surface area (Å²) in [6.45, 7) is 9.02. The van der Waals surface area contributed by atoms with Crippen molar-refractivity contribution in [1.29, 1.82) is 0 Å². The maximum Gasteiger partial charge on any atom is 0.320 e. The lowest BCUT2D eigenvalue weighted by molar-refractivity contribution is -0.145. The molecule has 1 heterocycles. The summed E-state index contributed by atoms with van der Waals surface area (Å²) in [7, 11) is 0. The van der Waals surface area contributed by atoms with Crippen molar-refractivity contribution in [2.45, 2.75) is 45.7 Å². The molecule has 0 saturated carbocycles. The molecule has 0 aliphatic carbocycles. The summed E-state index contributed by atoms with van der Waals surface area (Å²) in [6, 6.07) is 0.976. The van der Waals surface area contributed by atoms with Crippen molar-refractivity contribution >= 4 is 5.97 Å². The van der Waals surface area contributed by atoms with Crippen LogP contribution in [0.2, 0.25) is 0 Å². The largest absolute Gasteiger partial charge is 0.465 e. The smallest absolute Gasteiger partial charge is 0.320 e. The topological polar surface area (TPSA) is 41.6 Å². The van der Waals surface area contributed by atoms with E-state index in [2.05, 4.69) is 24.1 Å². The highest BCUT2D eigenvalue weighted by Gasteiger charge is 2.27. The number of ether oxygens (including phenoxy) is 1. The third-order valence-corrected chi connectivity index (χ3v) is 3.22. The quantitative estimate of drug-likeness (QED) is 0.713. The van der Waals surface area contributed by atoms with E-state index in [-0.39, 0.29) is 5.97 Å². The molecule has 16 heavy (non-hydrogen) atoms.